The van der Waals surface area contributed by atoms with E-state index in [1.54, 1.807) is 23.8 Å². The number of amides is 3. The summed E-state index contributed by atoms with van der Waals surface area (Å²) in [6.07, 6.45) is 4.48. The molecule has 0 unspecified atom stereocenters. The van der Waals surface area contributed by atoms with Gasteiger partial charge in [0.2, 0.25) is 0 Å². The van der Waals surface area contributed by atoms with E-state index >= 15 is 0 Å². The molecule has 2 aliphatic rings. The topological polar surface area (TPSA) is 61.9 Å². The molecule has 2 aromatic rings. The van der Waals surface area contributed by atoms with E-state index in [1.807, 2.05) is 47.4 Å². The number of hydrogen-bond donors (Lipinski definition) is 1. The quantitative estimate of drug-likeness (QED) is 0.760. The lowest BCUT2D eigenvalue weighted by molar-refractivity contribution is 0.0973. The van der Waals surface area contributed by atoms with Gasteiger partial charge >= 0.3 is 6.03 Å². The van der Waals surface area contributed by atoms with Crippen LogP contribution in [0.15, 0.2) is 52.3 Å². The standard InChI is InChI=1S/C23H27N3O3S/c1-29-15-14-26-19-11-10-17(24-23(28)25-12-6-2-3-7-13-25)16-21(19)30-20-9-5-4-8-18(20)22(26)27/h4-5,8-11,16H,2-3,6-7,12-15H2,1H3,(H,24,28). The molecule has 0 atom stereocenters. The molecule has 2 aromatic carbocycles. The van der Waals surface area contributed by atoms with Crippen LogP contribution in [0.25, 0.3) is 0 Å². The van der Waals surface area contributed by atoms with E-state index in [2.05, 4.69) is 5.32 Å². The largest absolute Gasteiger partial charge is 0.383 e. The molecular formula is C23H27N3O3S. The second-order valence-electron chi connectivity index (χ2n) is 7.56. The number of benzene rings is 2. The summed E-state index contributed by atoms with van der Waals surface area (Å²) in [4.78, 5) is 31.4. The van der Waals surface area contributed by atoms with Crippen molar-refractivity contribution in [2.75, 3.05) is 43.6 Å². The number of rotatable bonds is 4. The van der Waals surface area contributed by atoms with E-state index in [0.717, 1.165) is 47.1 Å². The number of nitrogens with one attached hydrogen (secondary N) is 1. The number of hydrogen-bond acceptors (Lipinski definition) is 4. The summed E-state index contributed by atoms with van der Waals surface area (Å²) in [5.41, 5.74) is 2.27. The summed E-state index contributed by atoms with van der Waals surface area (Å²) in [6.45, 7) is 2.53. The number of likely N-dealkylation sites (tertiary alicyclic amines) is 1. The second-order valence-corrected chi connectivity index (χ2v) is 8.65. The Balaban J connectivity index is 1.62. The summed E-state index contributed by atoms with van der Waals surface area (Å²) in [7, 11) is 1.63. The minimum absolute atomic E-state index is 0.0322. The maximum Gasteiger partial charge on any atom is 0.321 e. The van der Waals surface area contributed by atoms with Gasteiger partial charge in [-0.15, -0.1) is 0 Å². The Morgan fingerprint density at radius 1 is 1.07 bits per heavy atom. The predicted molar refractivity (Wildman–Crippen MR) is 120 cm³/mol. The van der Waals surface area contributed by atoms with Crippen LogP contribution in [0, 0.1) is 0 Å². The third-order valence-electron chi connectivity index (χ3n) is 5.50. The van der Waals surface area contributed by atoms with Crippen LogP contribution in [-0.2, 0) is 4.74 Å². The predicted octanol–water partition coefficient (Wildman–Crippen LogP) is 4.85. The third kappa shape index (κ3) is 4.47. The van der Waals surface area contributed by atoms with Crippen LogP contribution < -0.4 is 10.2 Å². The minimum atomic E-state index is -0.0526. The molecule has 2 heterocycles. The molecule has 2 aliphatic heterocycles. The first-order valence-corrected chi connectivity index (χ1v) is 11.3. The van der Waals surface area contributed by atoms with E-state index in [9.17, 15) is 9.59 Å². The molecule has 0 aromatic heterocycles. The van der Waals surface area contributed by atoms with Gasteiger partial charge in [0.05, 0.1) is 17.9 Å². The number of methoxy groups -OCH3 is 1. The fourth-order valence-corrected chi connectivity index (χ4v) is 5.00. The lowest BCUT2D eigenvalue weighted by Crippen LogP contribution is -2.35. The highest BCUT2D eigenvalue weighted by molar-refractivity contribution is 7.99. The van der Waals surface area contributed by atoms with E-state index in [-0.39, 0.29) is 11.9 Å². The number of anilines is 2. The van der Waals surface area contributed by atoms with Gasteiger partial charge in [0, 0.05) is 42.2 Å². The molecule has 1 saturated heterocycles. The summed E-state index contributed by atoms with van der Waals surface area (Å²) >= 11 is 1.56. The van der Waals surface area contributed by atoms with Crippen molar-refractivity contribution in [1.29, 1.82) is 0 Å². The van der Waals surface area contributed by atoms with Crippen molar-refractivity contribution in [3.05, 3.63) is 48.0 Å². The van der Waals surface area contributed by atoms with Crippen LogP contribution in [0.4, 0.5) is 16.2 Å². The van der Waals surface area contributed by atoms with Crippen molar-refractivity contribution in [2.24, 2.45) is 0 Å². The Hall–Kier alpha value is -2.51. The number of nitrogens with zero attached hydrogens (tertiary/aromatic N) is 2. The molecule has 30 heavy (non-hydrogen) atoms. The van der Waals surface area contributed by atoms with Crippen LogP contribution in [0.5, 0.6) is 0 Å². The molecule has 6 nitrogen and oxygen atoms in total. The monoisotopic (exact) mass is 425 g/mol. The smallest absolute Gasteiger partial charge is 0.321 e. The molecule has 0 aliphatic carbocycles. The Labute approximate surface area is 181 Å². The maximum atomic E-state index is 13.2. The molecule has 3 amide bonds. The van der Waals surface area contributed by atoms with E-state index in [0.29, 0.717) is 18.7 Å². The average Bonchev–Trinajstić information content (AvgIpc) is 3.10. The van der Waals surface area contributed by atoms with Crippen LogP contribution in [-0.4, -0.2) is 50.2 Å². The molecule has 0 saturated carbocycles. The first kappa shape index (κ1) is 20.8. The zero-order valence-electron chi connectivity index (χ0n) is 17.2. The van der Waals surface area contributed by atoms with Crippen LogP contribution in [0.3, 0.4) is 0 Å². The molecule has 158 valence electrons. The van der Waals surface area contributed by atoms with Crippen molar-refractivity contribution < 1.29 is 14.3 Å². The van der Waals surface area contributed by atoms with Gasteiger partial charge in [-0.1, -0.05) is 36.7 Å². The second kappa shape index (κ2) is 9.53. The fraction of sp³-hybridized carbons (Fsp3) is 0.391. The minimum Gasteiger partial charge on any atom is -0.383 e. The molecule has 4 rings (SSSR count). The van der Waals surface area contributed by atoms with E-state index in [4.69, 9.17) is 4.74 Å². The molecule has 1 N–H and O–H groups in total. The van der Waals surface area contributed by atoms with Crippen molar-refractivity contribution in [3.8, 4) is 0 Å². The van der Waals surface area contributed by atoms with Crippen molar-refractivity contribution >= 4 is 35.1 Å². The van der Waals surface area contributed by atoms with Gasteiger partial charge in [-0.05, 0) is 43.2 Å². The van der Waals surface area contributed by atoms with Gasteiger partial charge in [-0.2, -0.15) is 0 Å². The van der Waals surface area contributed by atoms with Crippen molar-refractivity contribution in [3.63, 3.8) is 0 Å². The van der Waals surface area contributed by atoms with Crippen LogP contribution in [0.2, 0.25) is 0 Å². The number of carbonyl (C=O) groups is 2. The first-order valence-electron chi connectivity index (χ1n) is 10.4. The Bertz CT molecular complexity index is 926. The van der Waals surface area contributed by atoms with E-state index in [1.165, 1.54) is 12.8 Å². The Morgan fingerprint density at radius 3 is 2.60 bits per heavy atom. The summed E-state index contributed by atoms with van der Waals surface area (Å²) in [5.74, 6) is -0.0322. The lowest BCUT2D eigenvalue weighted by atomic mass is 10.1. The highest BCUT2D eigenvalue weighted by Crippen LogP contribution is 2.42. The fourth-order valence-electron chi connectivity index (χ4n) is 3.88. The van der Waals surface area contributed by atoms with Gasteiger partial charge in [-0.3, -0.25) is 4.79 Å². The third-order valence-corrected chi connectivity index (χ3v) is 6.62. The molecule has 0 spiro atoms. The van der Waals surface area contributed by atoms with Gasteiger partial charge in [0.15, 0.2) is 0 Å². The maximum absolute atomic E-state index is 13.2. The highest BCUT2D eigenvalue weighted by atomic mass is 32.2. The first-order chi connectivity index (χ1) is 14.7. The van der Waals surface area contributed by atoms with Gasteiger partial charge in [0.25, 0.3) is 5.91 Å². The number of carbonyl (C=O) groups excluding carboxylic acids is 2. The lowest BCUT2D eigenvalue weighted by Gasteiger charge is -2.24. The number of fused-ring (bicyclic) bond motifs is 2. The molecule has 7 heteroatoms. The average molecular weight is 426 g/mol. The molecule has 1 fully saturated rings. The summed E-state index contributed by atoms with van der Waals surface area (Å²) in [5, 5.41) is 3.05. The normalized spacial score (nSPS) is 16.4. The van der Waals surface area contributed by atoms with E-state index < -0.39 is 0 Å². The zero-order chi connectivity index (χ0) is 20.9. The number of urea groups is 1. The van der Waals surface area contributed by atoms with Gasteiger partial charge in [0.1, 0.15) is 0 Å². The van der Waals surface area contributed by atoms with Crippen molar-refractivity contribution in [1.82, 2.24) is 4.90 Å². The molecule has 0 radical (unpaired) electrons. The van der Waals surface area contributed by atoms with Crippen LogP contribution >= 0.6 is 11.8 Å². The Morgan fingerprint density at radius 2 is 1.83 bits per heavy atom. The van der Waals surface area contributed by atoms with Crippen LogP contribution in [0.1, 0.15) is 36.0 Å². The Kier molecular flexibility index (Phi) is 6.59. The zero-order valence-corrected chi connectivity index (χ0v) is 18.0. The summed E-state index contributed by atoms with van der Waals surface area (Å²) in [6, 6.07) is 13.3. The SMILES string of the molecule is COCCN1C(=O)c2ccccc2Sc2cc(NC(=O)N3CCCCCC3)ccc21. The molecular weight excluding hydrogens is 398 g/mol. The van der Waals surface area contributed by atoms with Crippen molar-refractivity contribution in [2.45, 2.75) is 35.5 Å². The molecule has 0 bridgehead atoms. The van der Waals surface area contributed by atoms with Gasteiger partial charge < -0.3 is 19.9 Å². The summed E-state index contributed by atoms with van der Waals surface area (Å²) < 4.78 is 5.23. The highest BCUT2D eigenvalue weighted by Gasteiger charge is 2.27. The number of ether oxygens (including phenoxy) is 1. The van der Waals surface area contributed by atoms with Gasteiger partial charge in [-0.25, -0.2) is 4.79 Å².